The van der Waals surface area contributed by atoms with Crippen molar-refractivity contribution in [3.05, 3.63) is 35.4 Å². The number of nitrogens with one attached hydrogen (secondary N) is 3. The van der Waals surface area contributed by atoms with Crippen LogP contribution in [0.4, 0.5) is 21.0 Å². The highest BCUT2D eigenvalue weighted by Gasteiger charge is 2.58. The molecule has 7 rings (SSSR count). The van der Waals surface area contributed by atoms with E-state index in [9.17, 15) is 10.1 Å². The van der Waals surface area contributed by atoms with Crippen molar-refractivity contribution in [2.24, 2.45) is 5.92 Å². The van der Waals surface area contributed by atoms with Gasteiger partial charge < -0.3 is 24.8 Å². The molecule has 3 saturated carbocycles. The van der Waals surface area contributed by atoms with Gasteiger partial charge in [-0.15, -0.1) is 0 Å². The van der Waals surface area contributed by atoms with Gasteiger partial charge in [0.2, 0.25) is 5.95 Å². The number of imidazole rings is 1. The summed E-state index contributed by atoms with van der Waals surface area (Å²) in [6.07, 6.45) is 1.93. The van der Waals surface area contributed by atoms with Crippen molar-refractivity contribution < 1.29 is 23.4 Å². The lowest BCUT2D eigenvalue weighted by Gasteiger charge is -2.61. The molecule has 4 fully saturated rings. The number of nitriles is 1. The Bertz CT molecular complexity index is 1320. The predicted octanol–water partition coefficient (Wildman–Crippen LogP) is 2.27. The minimum absolute atomic E-state index is 0.0498. The van der Waals surface area contributed by atoms with Crippen molar-refractivity contribution in [3.8, 4) is 6.07 Å². The molecular formula is C22H23FN8O4. The average molecular weight is 482 g/mol. The number of nitrogens with zero attached hydrogens (tertiary/aromatic N) is 5. The number of anilines is 2. The van der Waals surface area contributed by atoms with E-state index >= 15 is 4.39 Å². The van der Waals surface area contributed by atoms with Crippen molar-refractivity contribution in [1.82, 2.24) is 29.9 Å². The first-order chi connectivity index (χ1) is 17.0. The normalized spacial score (nSPS) is 28.7. The summed E-state index contributed by atoms with van der Waals surface area (Å²) in [6.45, 7) is 0.226. The van der Waals surface area contributed by atoms with E-state index in [0.29, 0.717) is 40.3 Å². The van der Waals surface area contributed by atoms with Crippen LogP contribution in [0.25, 0.3) is 5.65 Å². The number of methoxy groups -OCH3 is 1. The fourth-order valence-corrected chi connectivity index (χ4v) is 5.03. The number of halogens is 1. The third-order valence-corrected chi connectivity index (χ3v) is 6.85. The van der Waals surface area contributed by atoms with E-state index in [4.69, 9.17) is 14.2 Å². The highest BCUT2D eigenvalue weighted by atomic mass is 19.1. The quantitative estimate of drug-likeness (QED) is 0.460. The second-order valence-corrected chi connectivity index (χ2v) is 9.33. The molecule has 4 aliphatic rings. The summed E-state index contributed by atoms with van der Waals surface area (Å²) in [7, 11) is 1.56. The van der Waals surface area contributed by atoms with Gasteiger partial charge in [0.05, 0.1) is 30.8 Å². The van der Waals surface area contributed by atoms with Crippen molar-refractivity contribution >= 4 is 23.5 Å². The minimum Gasteiger partial charge on any atom is -0.441 e. The van der Waals surface area contributed by atoms with Crippen LogP contribution in [0, 0.1) is 17.2 Å². The van der Waals surface area contributed by atoms with E-state index in [2.05, 4.69) is 36.9 Å². The Balaban J connectivity index is 1.13. The van der Waals surface area contributed by atoms with Crippen LogP contribution < -0.4 is 10.6 Å². The van der Waals surface area contributed by atoms with Crippen LogP contribution in [0.3, 0.4) is 0 Å². The van der Waals surface area contributed by atoms with Gasteiger partial charge in [0, 0.05) is 24.9 Å². The van der Waals surface area contributed by atoms with Crippen LogP contribution in [0.5, 0.6) is 0 Å². The van der Waals surface area contributed by atoms with E-state index in [1.807, 2.05) is 0 Å². The van der Waals surface area contributed by atoms with Gasteiger partial charge in [-0.2, -0.15) is 10.4 Å². The number of alkyl halides is 1. The summed E-state index contributed by atoms with van der Waals surface area (Å²) in [5.74, 6) is 1.44. The zero-order valence-corrected chi connectivity index (χ0v) is 18.8. The van der Waals surface area contributed by atoms with Crippen molar-refractivity contribution in [3.63, 3.8) is 0 Å². The maximum absolute atomic E-state index is 15.1. The predicted molar refractivity (Wildman–Crippen MR) is 117 cm³/mol. The summed E-state index contributed by atoms with van der Waals surface area (Å²) >= 11 is 0. The molecule has 35 heavy (non-hydrogen) atoms. The number of H-pyrrole nitrogens is 1. The number of carbonyl (C=O) groups is 1. The Morgan fingerprint density at radius 3 is 3.00 bits per heavy atom. The molecule has 13 heteroatoms. The molecule has 3 atom stereocenters. The van der Waals surface area contributed by atoms with Gasteiger partial charge in [-0.3, -0.25) is 9.50 Å². The highest BCUT2D eigenvalue weighted by Crippen LogP contribution is 2.57. The Labute approximate surface area is 198 Å². The number of hydrogen-bond acceptors (Lipinski definition) is 9. The number of ether oxygens (including phenoxy) is 3. The molecule has 12 nitrogen and oxygen atoms in total. The number of aromatic nitrogens is 5. The SMILES string of the molecule is COCc1cn2c(Nc3cc([C@@H]4OC[C@H](OC(=O)NC56CC(C5)C6)[C@@H]4F)[nH]n3)ncc(C#N)c2n1. The summed E-state index contributed by atoms with van der Waals surface area (Å²) in [5.41, 5.74) is 1.62. The topological polar surface area (TPSA) is 151 Å². The largest absolute Gasteiger partial charge is 0.441 e. The first-order valence-corrected chi connectivity index (χ1v) is 11.3. The second kappa shape index (κ2) is 8.17. The number of rotatable bonds is 7. The molecule has 3 aliphatic carbocycles. The standard InChI is InChI=1S/C22H23FN8O4/c1-33-9-13-8-31-19(26-13)12(6-24)7-25-20(31)27-16-2-14(29-30-16)18-17(23)15(10-34-18)35-21(32)28-22-3-11(4-22)5-22/h2,7-8,11,15,17-18H,3-5,9-10H2,1H3,(H,28,32)(H2,25,27,29,30)/t11?,15-,17-,18-,22?/m0/s1. The van der Waals surface area contributed by atoms with Crippen molar-refractivity contribution in [2.75, 3.05) is 19.0 Å². The van der Waals surface area contributed by atoms with Crippen LogP contribution >= 0.6 is 0 Å². The smallest absolute Gasteiger partial charge is 0.408 e. The van der Waals surface area contributed by atoms with E-state index < -0.39 is 24.5 Å². The van der Waals surface area contributed by atoms with Gasteiger partial charge in [0.15, 0.2) is 23.7 Å². The molecule has 0 aromatic carbocycles. The van der Waals surface area contributed by atoms with Crippen molar-refractivity contribution in [2.45, 2.75) is 49.8 Å². The van der Waals surface area contributed by atoms with Crippen molar-refractivity contribution in [1.29, 1.82) is 5.26 Å². The molecule has 4 heterocycles. The zero-order valence-electron chi connectivity index (χ0n) is 18.8. The minimum atomic E-state index is -1.55. The lowest BCUT2D eigenvalue weighted by atomic mass is 9.50. The fraction of sp³-hybridized carbons (Fsp3) is 0.500. The number of carbonyl (C=O) groups excluding carboxylic acids is 1. The van der Waals surface area contributed by atoms with Crippen LogP contribution in [-0.2, 0) is 20.8 Å². The Kier molecular flexibility index (Phi) is 5.08. The molecule has 182 valence electrons. The van der Waals surface area contributed by atoms with Crippen LogP contribution in [-0.4, -0.2) is 62.2 Å². The second-order valence-electron chi connectivity index (χ2n) is 9.33. The van der Waals surface area contributed by atoms with Crippen LogP contribution in [0.1, 0.15) is 42.3 Å². The van der Waals surface area contributed by atoms with Crippen LogP contribution in [0.2, 0.25) is 0 Å². The molecule has 3 aromatic heterocycles. The van der Waals surface area contributed by atoms with Gasteiger partial charge in [-0.05, 0) is 25.2 Å². The number of alkyl carbamates (subject to hydrolysis) is 1. The maximum Gasteiger partial charge on any atom is 0.408 e. The molecule has 0 unspecified atom stereocenters. The molecule has 3 aromatic rings. The molecule has 3 N–H and O–H groups in total. The van der Waals surface area contributed by atoms with Gasteiger partial charge in [0.25, 0.3) is 0 Å². The van der Waals surface area contributed by atoms with E-state index in [1.165, 1.54) is 6.20 Å². The Hall–Kier alpha value is -3.76. The number of hydrogen-bond donors (Lipinski definition) is 3. The molecule has 1 aliphatic heterocycles. The molecule has 2 bridgehead atoms. The lowest BCUT2D eigenvalue weighted by Crippen LogP contribution is -2.68. The molecule has 1 amide bonds. The number of aromatic amines is 1. The molecule has 0 radical (unpaired) electrons. The zero-order chi connectivity index (χ0) is 24.2. The monoisotopic (exact) mass is 482 g/mol. The third kappa shape index (κ3) is 3.75. The van der Waals surface area contributed by atoms with Gasteiger partial charge in [-0.25, -0.2) is 19.2 Å². The molecule has 1 saturated heterocycles. The highest BCUT2D eigenvalue weighted by molar-refractivity contribution is 5.69. The first kappa shape index (κ1) is 21.8. The molecule has 0 spiro atoms. The first-order valence-electron chi connectivity index (χ1n) is 11.3. The average Bonchev–Trinajstić information content (AvgIpc) is 3.50. The summed E-state index contributed by atoms with van der Waals surface area (Å²) in [4.78, 5) is 20.9. The molecular weight excluding hydrogens is 459 g/mol. The van der Waals surface area contributed by atoms with E-state index in [0.717, 1.165) is 19.3 Å². The summed E-state index contributed by atoms with van der Waals surface area (Å²) in [5, 5.41) is 22.2. The van der Waals surface area contributed by atoms with E-state index in [1.54, 1.807) is 23.8 Å². The Morgan fingerprint density at radius 2 is 2.29 bits per heavy atom. The van der Waals surface area contributed by atoms with Gasteiger partial charge in [-0.1, -0.05) is 0 Å². The van der Waals surface area contributed by atoms with Crippen LogP contribution in [0.15, 0.2) is 18.5 Å². The lowest BCUT2D eigenvalue weighted by molar-refractivity contribution is -0.0528. The number of fused-ring (bicyclic) bond motifs is 1. The number of amides is 1. The summed E-state index contributed by atoms with van der Waals surface area (Å²) in [6, 6.07) is 3.66. The fourth-order valence-electron chi connectivity index (χ4n) is 5.03. The van der Waals surface area contributed by atoms with E-state index in [-0.39, 0.29) is 18.8 Å². The summed E-state index contributed by atoms with van der Waals surface area (Å²) < 4.78 is 32.7. The van der Waals surface area contributed by atoms with Gasteiger partial charge in [0.1, 0.15) is 17.7 Å². The van der Waals surface area contributed by atoms with Gasteiger partial charge >= 0.3 is 6.09 Å². The maximum atomic E-state index is 15.1. The Morgan fingerprint density at radius 1 is 1.46 bits per heavy atom. The third-order valence-electron chi connectivity index (χ3n) is 6.85.